The highest BCUT2D eigenvalue weighted by atomic mass is 16.5. The van der Waals surface area contributed by atoms with E-state index in [4.69, 9.17) is 4.74 Å². The summed E-state index contributed by atoms with van der Waals surface area (Å²) in [6.07, 6.45) is 3.49. The minimum Gasteiger partial charge on any atom is -0.381 e. The minimum absolute atomic E-state index is 0.355. The van der Waals surface area contributed by atoms with Gasteiger partial charge in [-0.05, 0) is 25.0 Å². The van der Waals surface area contributed by atoms with Crippen molar-refractivity contribution in [1.29, 1.82) is 0 Å². The fourth-order valence-corrected chi connectivity index (χ4v) is 2.63. The van der Waals surface area contributed by atoms with Gasteiger partial charge in [0.05, 0.1) is 5.69 Å². The van der Waals surface area contributed by atoms with Crippen molar-refractivity contribution in [2.45, 2.75) is 18.9 Å². The van der Waals surface area contributed by atoms with Crippen molar-refractivity contribution < 1.29 is 4.74 Å². The van der Waals surface area contributed by atoms with E-state index in [1.165, 1.54) is 0 Å². The average Bonchev–Trinajstić information content (AvgIpc) is 3.02. The molecular formula is C15H16N6O. The molecule has 1 aliphatic heterocycles. The highest BCUT2D eigenvalue weighted by molar-refractivity contribution is 5.83. The summed E-state index contributed by atoms with van der Waals surface area (Å²) >= 11 is 0. The number of ether oxygens (including phenoxy) is 1. The lowest BCUT2D eigenvalue weighted by Crippen LogP contribution is -2.28. The van der Waals surface area contributed by atoms with E-state index in [-0.39, 0.29) is 0 Å². The molecular weight excluding hydrogens is 280 g/mol. The summed E-state index contributed by atoms with van der Waals surface area (Å²) in [7, 11) is 0. The van der Waals surface area contributed by atoms with E-state index < -0.39 is 0 Å². The Bertz CT molecular complexity index is 766. The van der Waals surface area contributed by atoms with Crippen LogP contribution in [0.25, 0.3) is 16.9 Å². The number of hydrogen-bond donors (Lipinski definition) is 1. The first-order valence-electron chi connectivity index (χ1n) is 7.38. The van der Waals surface area contributed by atoms with Gasteiger partial charge in [0.1, 0.15) is 6.33 Å². The lowest BCUT2D eigenvalue weighted by molar-refractivity contribution is 0.0904. The van der Waals surface area contributed by atoms with E-state index >= 15 is 0 Å². The van der Waals surface area contributed by atoms with Crippen LogP contribution >= 0.6 is 0 Å². The van der Waals surface area contributed by atoms with E-state index in [1.807, 2.05) is 30.3 Å². The zero-order valence-electron chi connectivity index (χ0n) is 12.0. The Morgan fingerprint density at radius 3 is 2.73 bits per heavy atom. The van der Waals surface area contributed by atoms with Crippen LogP contribution in [-0.4, -0.2) is 44.2 Å². The first-order valence-corrected chi connectivity index (χ1v) is 7.38. The number of nitrogens with one attached hydrogen (secondary N) is 1. The van der Waals surface area contributed by atoms with Crippen LogP contribution in [-0.2, 0) is 4.74 Å². The Labute approximate surface area is 127 Å². The van der Waals surface area contributed by atoms with Gasteiger partial charge in [-0.1, -0.05) is 23.4 Å². The smallest absolute Gasteiger partial charge is 0.188 e. The van der Waals surface area contributed by atoms with Gasteiger partial charge in [0.25, 0.3) is 0 Å². The molecule has 1 saturated heterocycles. The Hall–Kier alpha value is -2.54. The van der Waals surface area contributed by atoms with Crippen LogP contribution in [0.1, 0.15) is 12.8 Å². The zero-order valence-corrected chi connectivity index (χ0v) is 12.0. The largest absolute Gasteiger partial charge is 0.381 e. The number of fused-ring (bicyclic) bond motifs is 1. The van der Waals surface area contributed by atoms with Crippen molar-refractivity contribution in [2.75, 3.05) is 18.5 Å². The predicted molar refractivity (Wildman–Crippen MR) is 81.9 cm³/mol. The van der Waals surface area contributed by atoms with Crippen LogP contribution < -0.4 is 5.32 Å². The van der Waals surface area contributed by atoms with Crippen molar-refractivity contribution in [3.63, 3.8) is 0 Å². The fraction of sp³-hybridized carbons (Fsp3) is 0.333. The van der Waals surface area contributed by atoms with Gasteiger partial charge in [0.15, 0.2) is 17.0 Å². The summed E-state index contributed by atoms with van der Waals surface area (Å²) in [5.41, 5.74) is 2.33. The van der Waals surface area contributed by atoms with Gasteiger partial charge in [-0.2, -0.15) is 4.68 Å². The molecule has 1 N–H and O–H groups in total. The normalized spacial score (nSPS) is 16.0. The number of hydrogen-bond acceptors (Lipinski definition) is 6. The summed E-state index contributed by atoms with van der Waals surface area (Å²) < 4.78 is 7.11. The van der Waals surface area contributed by atoms with E-state index in [2.05, 4.69) is 25.6 Å². The number of rotatable bonds is 3. The highest BCUT2D eigenvalue weighted by Gasteiger charge is 2.18. The highest BCUT2D eigenvalue weighted by Crippen LogP contribution is 2.21. The molecule has 3 aromatic rings. The molecule has 0 radical (unpaired) electrons. The van der Waals surface area contributed by atoms with Crippen LogP contribution in [0.2, 0.25) is 0 Å². The monoisotopic (exact) mass is 296 g/mol. The lowest BCUT2D eigenvalue weighted by atomic mass is 10.1. The van der Waals surface area contributed by atoms with Crippen molar-refractivity contribution in [3.05, 3.63) is 36.7 Å². The molecule has 7 nitrogen and oxygen atoms in total. The van der Waals surface area contributed by atoms with Crippen LogP contribution in [0.3, 0.4) is 0 Å². The van der Waals surface area contributed by atoms with Gasteiger partial charge < -0.3 is 10.1 Å². The quantitative estimate of drug-likeness (QED) is 0.794. The van der Waals surface area contributed by atoms with Crippen LogP contribution in [0.4, 0.5) is 5.82 Å². The molecule has 2 aromatic heterocycles. The van der Waals surface area contributed by atoms with Gasteiger partial charge in [-0.15, -0.1) is 5.10 Å². The number of anilines is 1. The van der Waals surface area contributed by atoms with Crippen molar-refractivity contribution in [1.82, 2.24) is 25.0 Å². The first kappa shape index (κ1) is 13.1. The molecule has 1 aromatic carbocycles. The van der Waals surface area contributed by atoms with Gasteiger partial charge in [0, 0.05) is 19.3 Å². The summed E-state index contributed by atoms with van der Waals surface area (Å²) in [5.74, 6) is 0.735. The molecule has 3 heterocycles. The summed E-state index contributed by atoms with van der Waals surface area (Å²) in [6.45, 7) is 1.56. The molecule has 0 unspecified atom stereocenters. The van der Waals surface area contributed by atoms with E-state index in [9.17, 15) is 0 Å². The first-order chi connectivity index (χ1) is 10.9. The number of benzene rings is 1. The molecule has 0 amide bonds. The summed E-state index contributed by atoms with van der Waals surface area (Å²) in [4.78, 5) is 8.66. The predicted octanol–water partition coefficient (Wildman–Crippen LogP) is 1.80. The van der Waals surface area contributed by atoms with Gasteiger partial charge in [-0.3, -0.25) is 0 Å². The molecule has 0 atom stereocenters. The van der Waals surface area contributed by atoms with Crippen molar-refractivity contribution in [2.24, 2.45) is 0 Å². The summed E-state index contributed by atoms with van der Waals surface area (Å²) in [6, 6.07) is 10.2. The average molecular weight is 296 g/mol. The maximum absolute atomic E-state index is 5.38. The molecule has 1 aliphatic rings. The Balaban J connectivity index is 1.70. The topological polar surface area (TPSA) is 77.8 Å². The minimum atomic E-state index is 0.355. The van der Waals surface area contributed by atoms with E-state index in [0.29, 0.717) is 17.2 Å². The lowest BCUT2D eigenvalue weighted by Gasteiger charge is -2.23. The van der Waals surface area contributed by atoms with Crippen LogP contribution in [0.15, 0.2) is 36.7 Å². The molecule has 7 heteroatoms. The van der Waals surface area contributed by atoms with Gasteiger partial charge in [0.2, 0.25) is 0 Å². The molecule has 0 bridgehead atoms. The second-order valence-corrected chi connectivity index (χ2v) is 5.26. The SMILES string of the molecule is c1ccc(-n2nnc3c(NC4CCOCC4)ncnc32)cc1. The molecule has 0 aliphatic carbocycles. The zero-order chi connectivity index (χ0) is 14.8. The second kappa shape index (κ2) is 5.69. The molecule has 22 heavy (non-hydrogen) atoms. The third-order valence-electron chi connectivity index (χ3n) is 3.80. The fourth-order valence-electron chi connectivity index (χ4n) is 2.63. The number of aromatic nitrogens is 5. The van der Waals surface area contributed by atoms with E-state index in [0.717, 1.165) is 37.6 Å². The molecule has 1 fully saturated rings. The molecule has 0 saturated carbocycles. The number of para-hydroxylation sites is 1. The maximum Gasteiger partial charge on any atom is 0.188 e. The van der Waals surface area contributed by atoms with Crippen molar-refractivity contribution >= 4 is 17.0 Å². The second-order valence-electron chi connectivity index (χ2n) is 5.26. The number of nitrogens with zero attached hydrogens (tertiary/aromatic N) is 5. The summed E-state index contributed by atoms with van der Waals surface area (Å²) in [5, 5.41) is 11.9. The van der Waals surface area contributed by atoms with Crippen LogP contribution in [0.5, 0.6) is 0 Å². The van der Waals surface area contributed by atoms with Crippen LogP contribution in [0, 0.1) is 0 Å². The molecule has 0 spiro atoms. The maximum atomic E-state index is 5.38. The standard InChI is InChI=1S/C15H16N6O/c1-2-4-12(5-3-1)21-15-13(19-20-21)14(16-10-17-15)18-11-6-8-22-9-7-11/h1-5,10-11H,6-9H2,(H,16,17,18). The van der Waals surface area contributed by atoms with Gasteiger partial charge >= 0.3 is 0 Å². The third kappa shape index (κ3) is 2.39. The van der Waals surface area contributed by atoms with Gasteiger partial charge in [-0.25, -0.2) is 9.97 Å². The van der Waals surface area contributed by atoms with E-state index in [1.54, 1.807) is 11.0 Å². The Kier molecular flexibility index (Phi) is 3.40. The van der Waals surface area contributed by atoms with Crippen molar-refractivity contribution in [3.8, 4) is 5.69 Å². The third-order valence-corrected chi connectivity index (χ3v) is 3.80. The molecule has 112 valence electrons. The Morgan fingerprint density at radius 2 is 1.91 bits per heavy atom. The molecule has 4 rings (SSSR count). The Morgan fingerprint density at radius 1 is 1.09 bits per heavy atom.